The van der Waals surface area contributed by atoms with E-state index in [0.29, 0.717) is 6.61 Å². The number of rotatable bonds is 0. The fourth-order valence-corrected chi connectivity index (χ4v) is 0.940. The van der Waals surface area contributed by atoms with E-state index in [1.807, 2.05) is 12.2 Å². The van der Waals surface area contributed by atoms with Crippen molar-refractivity contribution in [3.05, 3.63) is 30.3 Å². The van der Waals surface area contributed by atoms with Crippen molar-refractivity contribution >= 4 is 0 Å². The van der Waals surface area contributed by atoms with Crippen LogP contribution < -0.4 is 0 Å². The van der Waals surface area contributed by atoms with Crippen LogP contribution in [0.15, 0.2) is 23.7 Å². The van der Waals surface area contributed by atoms with E-state index in [1.165, 1.54) is 0 Å². The van der Waals surface area contributed by atoms with Gasteiger partial charge < -0.3 is 9.47 Å². The molecule has 2 rings (SSSR count). The van der Waals surface area contributed by atoms with E-state index < -0.39 is 0 Å². The fourth-order valence-electron chi connectivity index (χ4n) is 0.940. The minimum absolute atomic E-state index is 0.691. The van der Waals surface area contributed by atoms with Crippen LogP contribution in [0.4, 0.5) is 0 Å². The third kappa shape index (κ3) is 0.707. The maximum atomic E-state index is 5.24. The highest BCUT2D eigenvalue weighted by Gasteiger charge is 2.17. The molecule has 0 aromatic rings. The Kier molecular flexibility index (Phi) is 0.979. The van der Waals surface area contributed by atoms with Gasteiger partial charge in [-0.05, 0) is 12.2 Å². The monoisotopic (exact) mass is 123 g/mol. The van der Waals surface area contributed by atoms with Crippen molar-refractivity contribution in [2.45, 2.75) is 6.42 Å². The SMILES string of the molecule is [CH]1CC2=C(C=CCO2)O1. The second-order valence-electron chi connectivity index (χ2n) is 1.99. The molecule has 0 aromatic carbocycles. The Balaban J connectivity index is 2.28. The molecule has 2 heteroatoms. The van der Waals surface area contributed by atoms with Crippen LogP contribution in [-0.2, 0) is 9.47 Å². The van der Waals surface area contributed by atoms with Crippen LogP contribution >= 0.6 is 0 Å². The van der Waals surface area contributed by atoms with Crippen molar-refractivity contribution < 1.29 is 9.47 Å². The molecule has 2 aliphatic rings. The number of hydrogen-bond acceptors (Lipinski definition) is 2. The number of allylic oxidation sites excluding steroid dienone is 1. The Morgan fingerprint density at radius 1 is 1.44 bits per heavy atom. The first-order valence-corrected chi connectivity index (χ1v) is 2.97. The Hall–Kier alpha value is -0.920. The van der Waals surface area contributed by atoms with Crippen molar-refractivity contribution in [2.24, 2.45) is 0 Å². The molecule has 0 saturated heterocycles. The molecule has 0 spiro atoms. The molecule has 2 heterocycles. The average molecular weight is 123 g/mol. The molecule has 1 radical (unpaired) electrons. The van der Waals surface area contributed by atoms with Crippen molar-refractivity contribution in [3.63, 3.8) is 0 Å². The highest BCUT2D eigenvalue weighted by molar-refractivity contribution is 5.24. The first-order chi connectivity index (χ1) is 4.47. The molecule has 2 aliphatic heterocycles. The Labute approximate surface area is 53.8 Å². The summed E-state index contributed by atoms with van der Waals surface area (Å²) in [5, 5.41) is 0. The van der Waals surface area contributed by atoms with Gasteiger partial charge in [-0.1, -0.05) is 0 Å². The molecule has 0 fully saturated rings. The minimum Gasteiger partial charge on any atom is -0.490 e. The van der Waals surface area contributed by atoms with Crippen LogP contribution in [0, 0.1) is 6.61 Å². The van der Waals surface area contributed by atoms with Crippen molar-refractivity contribution in [3.8, 4) is 0 Å². The summed E-state index contributed by atoms with van der Waals surface area (Å²) in [6.07, 6.45) is 4.71. The van der Waals surface area contributed by atoms with Gasteiger partial charge >= 0.3 is 0 Å². The summed E-state index contributed by atoms with van der Waals surface area (Å²) in [6.45, 7) is 2.44. The molecule has 47 valence electrons. The maximum Gasteiger partial charge on any atom is 0.157 e. The van der Waals surface area contributed by atoms with Gasteiger partial charge in [0, 0.05) is 6.42 Å². The molecule has 0 aliphatic carbocycles. The zero-order chi connectivity index (χ0) is 6.10. The Morgan fingerprint density at radius 2 is 2.44 bits per heavy atom. The third-order valence-electron chi connectivity index (χ3n) is 1.38. The zero-order valence-electron chi connectivity index (χ0n) is 4.96. The summed E-state index contributed by atoms with van der Waals surface area (Å²) in [5.74, 6) is 1.85. The predicted molar refractivity (Wildman–Crippen MR) is 32.1 cm³/mol. The van der Waals surface area contributed by atoms with Gasteiger partial charge in [0.05, 0.1) is 0 Å². The van der Waals surface area contributed by atoms with Crippen LogP contribution in [0.2, 0.25) is 0 Å². The standard InChI is InChI=1S/C7H7O2/c1-2-6-7(8-4-1)3-5-9-6/h1-2,5H,3-4H2. The summed E-state index contributed by atoms with van der Waals surface area (Å²) < 4.78 is 10.3. The number of ether oxygens (including phenoxy) is 2. The summed E-state index contributed by atoms with van der Waals surface area (Å²) in [4.78, 5) is 0. The minimum atomic E-state index is 0.691. The van der Waals surface area contributed by atoms with Gasteiger partial charge in [0.1, 0.15) is 19.0 Å². The van der Waals surface area contributed by atoms with Crippen molar-refractivity contribution in [2.75, 3.05) is 6.61 Å². The van der Waals surface area contributed by atoms with E-state index in [9.17, 15) is 0 Å². The van der Waals surface area contributed by atoms with Crippen LogP contribution in [0.25, 0.3) is 0 Å². The lowest BCUT2D eigenvalue weighted by Gasteiger charge is -2.07. The van der Waals surface area contributed by atoms with E-state index in [4.69, 9.17) is 9.47 Å². The topological polar surface area (TPSA) is 18.5 Å². The first-order valence-electron chi connectivity index (χ1n) is 2.97. The lowest BCUT2D eigenvalue weighted by Crippen LogP contribution is -1.96. The smallest absolute Gasteiger partial charge is 0.157 e. The van der Waals surface area contributed by atoms with Gasteiger partial charge in [0.15, 0.2) is 5.76 Å². The quantitative estimate of drug-likeness (QED) is 0.484. The largest absolute Gasteiger partial charge is 0.490 e. The van der Waals surface area contributed by atoms with Gasteiger partial charge in [-0.25, -0.2) is 0 Å². The van der Waals surface area contributed by atoms with Crippen LogP contribution in [0.3, 0.4) is 0 Å². The second kappa shape index (κ2) is 1.79. The average Bonchev–Trinajstić information content (AvgIpc) is 2.33. The highest BCUT2D eigenvalue weighted by Crippen LogP contribution is 2.26. The summed E-state index contributed by atoms with van der Waals surface area (Å²) in [7, 11) is 0. The Morgan fingerprint density at radius 3 is 3.33 bits per heavy atom. The van der Waals surface area contributed by atoms with Crippen LogP contribution in [0.1, 0.15) is 6.42 Å². The van der Waals surface area contributed by atoms with E-state index in [-0.39, 0.29) is 0 Å². The molecular formula is C7H7O2. The third-order valence-corrected chi connectivity index (χ3v) is 1.38. The first kappa shape index (κ1) is 4.91. The summed E-state index contributed by atoms with van der Waals surface area (Å²) in [5.41, 5.74) is 0. The fraction of sp³-hybridized carbons (Fsp3) is 0.286. The molecular weight excluding hydrogens is 116 g/mol. The molecule has 0 aromatic heterocycles. The summed E-state index contributed by atoms with van der Waals surface area (Å²) in [6, 6.07) is 0. The van der Waals surface area contributed by atoms with Gasteiger partial charge in [-0.2, -0.15) is 0 Å². The Bertz CT molecular complexity index is 179. The molecule has 0 unspecified atom stereocenters. The van der Waals surface area contributed by atoms with Crippen molar-refractivity contribution in [1.29, 1.82) is 0 Å². The van der Waals surface area contributed by atoms with E-state index in [2.05, 4.69) is 0 Å². The molecule has 9 heavy (non-hydrogen) atoms. The lowest BCUT2D eigenvalue weighted by molar-refractivity contribution is 0.230. The van der Waals surface area contributed by atoms with Crippen molar-refractivity contribution in [1.82, 2.24) is 0 Å². The molecule has 0 amide bonds. The molecule has 0 atom stereocenters. The van der Waals surface area contributed by atoms with Gasteiger partial charge in [-0.3, -0.25) is 0 Å². The predicted octanol–water partition coefficient (Wildman–Crippen LogP) is 1.37. The van der Waals surface area contributed by atoms with Gasteiger partial charge in [-0.15, -0.1) is 0 Å². The maximum absolute atomic E-state index is 5.24. The molecule has 2 nitrogen and oxygen atoms in total. The second-order valence-corrected chi connectivity index (χ2v) is 1.99. The zero-order valence-corrected chi connectivity index (χ0v) is 4.96. The molecule has 0 saturated carbocycles. The molecule has 0 N–H and O–H groups in total. The van der Waals surface area contributed by atoms with Gasteiger partial charge in [0.25, 0.3) is 0 Å². The highest BCUT2D eigenvalue weighted by atomic mass is 16.5. The lowest BCUT2D eigenvalue weighted by atomic mass is 10.3. The van der Waals surface area contributed by atoms with Crippen LogP contribution in [0.5, 0.6) is 0 Å². The normalized spacial score (nSPS) is 23.1. The molecule has 0 bridgehead atoms. The van der Waals surface area contributed by atoms with E-state index >= 15 is 0 Å². The summed E-state index contributed by atoms with van der Waals surface area (Å²) >= 11 is 0. The number of hydrogen-bond donors (Lipinski definition) is 0. The van der Waals surface area contributed by atoms with E-state index in [1.54, 1.807) is 6.61 Å². The van der Waals surface area contributed by atoms with E-state index in [0.717, 1.165) is 17.9 Å². The van der Waals surface area contributed by atoms with Crippen LogP contribution in [-0.4, -0.2) is 6.61 Å². The van der Waals surface area contributed by atoms with Gasteiger partial charge in [0.2, 0.25) is 0 Å².